The van der Waals surface area contributed by atoms with Crippen molar-refractivity contribution in [2.75, 3.05) is 0 Å². The van der Waals surface area contributed by atoms with Crippen LogP contribution in [0.2, 0.25) is 10.0 Å². The number of ketones is 1. The normalized spacial score (nSPS) is 10.8. The Bertz CT molecular complexity index is 825. The second-order valence-corrected chi connectivity index (χ2v) is 5.56. The first-order valence-corrected chi connectivity index (χ1v) is 7.21. The molecule has 0 saturated carbocycles. The first-order chi connectivity index (χ1) is 10.1. The molecule has 0 saturated heterocycles. The molecule has 2 nitrogen and oxygen atoms in total. The summed E-state index contributed by atoms with van der Waals surface area (Å²) >= 11 is 12.0. The first-order valence-electron chi connectivity index (χ1n) is 6.46. The van der Waals surface area contributed by atoms with Gasteiger partial charge in [0.1, 0.15) is 5.69 Å². The lowest BCUT2D eigenvalue weighted by atomic mass is 10.0. The number of nitrogens with zero attached hydrogens (tertiary/aromatic N) is 1. The monoisotopic (exact) mass is 315 g/mol. The highest BCUT2D eigenvalue weighted by Gasteiger charge is 2.14. The minimum atomic E-state index is -0.0592. The van der Waals surface area contributed by atoms with Gasteiger partial charge in [0.15, 0.2) is 5.78 Å². The molecule has 4 heteroatoms. The molecule has 0 N–H and O–H groups in total. The highest BCUT2D eigenvalue weighted by molar-refractivity contribution is 6.35. The Kier molecular flexibility index (Phi) is 3.91. The molecule has 0 atom stereocenters. The van der Waals surface area contributed by atoms with Crippen LogP contribution < -0.4 is 0 Å². The summed E-state index contributed by atoms with van der Waals surface area (Å²) in [6, 6.07) is 14.7. The van der Waals surface area contributed by atoms with Crippen LogP contribution >= 0.6 is 23.2 Å². The highest BCUT2D eigenvalue weighted by atomic mass is 35.5. The Morgan fingerprint density at radius 2 is 1.86 bits per heavy atom. The van der Waals surface area contributed by atoms with Crippen molar-refractivity contribution in [2.45, 2.75) is 6.42 Å². The standard InChI is InChI=1S/C17H11Cl2NO/c18-13-6-5-12(15(19)10-13)9-16(21)17-14-4-2-1-3-11(14)7-8-20-17/h1-8,10H,9H2. The summed E-state index contributed by atoms with van der Waals surface area (Å²) in [5, 5.41) is 2.91. The number of rotatable bonds is 3. The van der Waals surface area contributed by atoms with Crippen molar-refractivity contribution >= 4 is 39.8 Å². The van der Waals surface area contributed by atoms with Crippen molar-refractivity contribution in [3.63, 3.8) is 0 Å². The Hall–Kier alpha value is -1.90. The minimum absolute atomic E-state index is 0.0592. The number of halogens is 2. The molecule has 21 heavy (non-hydrogen) atoms. The fourth-order valence-corrected chi connectivity index (χ4v) is 2.74. The highest BCUT2D eigenvalue weighted by Crippen LogP contribution is 2.23. The maximum absolute atomic E-state index is 12.5. The summed E-state index contributed by atoms with van der Waals surface area (Å²) in [5.74, 6) is -0.0592. The molecule has 0 unspecified atom stereocenters. The van der Waals surface area contributed by atoms with Crippen LogP contribution in [0.5, 0.6) is 0 Å². The second kappa shape index (κ2) is 5.84. The Labute approximate surface area is 132 Å². The molecule has 1 heterocycles. The van der Waals surface area contributed by atoms with Crippen LogP contribution in [0.25, 0.3) is 10.8 Å². The summed E-state index contributed by atoms with van der Waals surface area (Å²) in [7, 11) is 0. The van der Waals surface area contributed by atoms with Gasteiger partial charge in [-0.25, -0.2) is 0 Å². The smallest absolute Gasteiger partial charge is 0.186 e. The molecule has 3 aromatic rings. The van der Waals surface area contributed by atoms with Gasteiger partial charge in [-0.15, -0.1) is 0 Å². The maximum atomic E-state index is 12.5. The van der Waals surface area contributed by atoms with E-state index in [2.05, 4.69) is 4.98 Å². The summed E-state index contributed by atoms with van der Waals surface area (Å²) in [6.45, 7) is 0. The molecule has 1 aromatic heterocycles. The van der Waals surface area contributed by atoms with Crippen molar-refractivity contribution in [2.24, 2.45) is 0 Å². The maximum Gasteiger partial charge on any atom is 0.186 e. The molecule has 0 bridgehead atoms. The van der Waals surface area contributed by atoms with Gasteiger partial charge in [0.2, 0.25) is 0 Å². The van der Waals surface area contributed by atoms with E-state index in [1.807, 2.05) is 30.3 Å². The third-order valence-electron chi connectivity index (χ3n) is 3.30. The van der Waals surface area contributed by atoms with E-state index in [1.54, 1.807) is 24.4 Å². The van der Waals surface area contributed by atoms with Crippen LogP contribution in [0, 0.1) is 0 Å². The predicted molar refractivity (Wildman–Crippen MR) is 86.2 cm³/mol. The van der Waals surface area contributed by atoms with Gasteiger partial charge in [0, 0.05) is 28.0 Å². The molecule has 0 amide bonds. The third-order valence-corrected chi connectivity index (χ3v) is 3.89. The summed E-state index contributed by atoms with van der Waals surface area (Å²) in [6.07, 6.45) is 1.86. The lowest BCUT2D eigenvalue weighted by Crippen LogP contribution is -2.07. The minimum Gasteiger partial charge on any atom is -0.292 e. The summed E-state index contributed by atoms with van der Waals surface area (Å²) in [4.78, 5) is 16.7. The number of Topliss-reactive ketones (excluding diaryl/α,β-unsaturated/α-hetero) is 1. The second-order valence-electron chi connectivity index (χ2n) is 4.72. The Morgan fingerprint density at radius 3 is 2.67 bits per heavy atom. The molecule has 0 spiro atoms. The van der Waals surface area contributed by atoms with Crippen molar-refractivity contribution in [3.8, 4) is 0 Å². The van der Waals surface area contributed by atoms with E-state index in [0.717, 1.165) is 16.3 Å². The van der Waals surface area contributed by atoms with Crippen LogP contribution in [0.3, 0.4) is 0 Å². The van der Waals surface area contributed by atoms with Gasteiger partial charge < -0.3 is 0 Å². The predicted octanol–water partition coefficient (Wildman–Crippen LogP) is 4.97. The average molecular weight is 316 g/mol. The van der Waals surface area contributed by atoms with Gasteiger partial charge in [-0.05, 0) is 29.1 Å². The van der Waals surface area contributed by atoms with E-state index in [-0.39, 0.29) is 12.2 Å². The van der Waals surface area contributed by atoms with Gasteiger partial charge in [0.05, 0.1) is 0 Å². The van der Waals surface area contributed by atoms with Gasteiger partial charge in [-0.2, -0.15) is 0 Å². The van der Waals surface area contributed by atoms with Gasteiger partial charge >= 0.3 is 0 Å². The quantitative estimate of drug-likeness (QED) is 0.639. The molecule has 0 radical (unpaired) electrons. The first kappa shape index (κ1) is 14.1. The Morgan fingerprint density at radius 1 is 1.05 bits per heavy atom. The van der Waals surface area contributed by atoms with E-state index in [4.69, 9.17) is 23.2 Å². The molecule has 2 aromatic carbocycles. The zero-order valence-corrected chi connectivity index (χ0v) is 12.5. The molecular weight excluding hydrogens is 305 g/mol. The van der Waals surface area contributed by atoms with E-state index in [1.165, 1.54) is 0 Å². The van der Waals surface area contributed by atoms with Gasteiger partial charge in [-0.3, -0.25) is 9.78 Å². The number of benzene rings is 2. The fraction of sp³-hybridized carbons (Fsp3) is 0.0588. The SMILES string of the molecule is O=C(Cc1ccc(Cl)cc1Cl)c1nccc2ccccc12. The van der Waals surface area contributed by atoms with Crippen LogP contribution in [0.1, 0.15) is 16.1 Å². The number of aromatic nitrogens is 1. The van der Waals surface area contributed by atoms with Crippen molar-refractivity contribution < 1.29 is 4.79 Å². The van der Waals surface area contributed by atoms with Gasteiger partial charge in [0.25, 0.3) is 0 Å². The lowest BCUT2D eigenvalue weighted by molar-refractivity contribution is 0.0990. The van der Waals surface area contributed by atoms with Crippen LogP contribution in [0.15, 0.2) is 54.7 Å². The Balaban J connectivity index is 1.97. The number of hydrogen-bond donors (Lipinski definition) is 0. The topological polar surface area (TPSA) is 30.0 Å². The molecule has 0 aliphatic rings. The van der Waals surface area contributed by atoms with Gasteiger partial charge in [-0.1, -0.05) is 53.5 Å². The van der Waals surface area contributed by atoms with E-state index in [0.29, 0.717) is 15.7 Å². The molecular formula is C17H11Cl2NO. The number of carbonyl (C=O) groups excluding carboxylic acids is 1. The number of fused-ring (bicyclic) bond motifs is 1. The summed E-state index contributed by atoms with van der Waals surface area (Å²) in [5.41, 5.74) is 1.22. The zero-order valence-electron chi connectivity index (χ0n) is 11.0. The lowest BCUT2D eigenvalue weighted by Gasteiger charge is -2.06. The molecule has 0 aliphatic heterocycles. The van der Waals surface area contributed by atoms with Crippen LogP contribution in [-0.4, -0.2) is 10.8 Å². The van der Waals surface area contributed by atoms with Crippen molar-refractivity contribution in [1.82, 2.24) is 4.98 Å². The molecule has 3 rings (SSSR count). The molecule has 0 aliphatic carbocycles. The van der Waals surface area contributed by atoms with E-state index < -0.39 is 0 Å². The average Bonchev–Trinajstić information content (AvgIpc) is 2.49. The zero-order chi connectivity index (χ0) is 14.8. The third kappa shape index (κ3) is 2.92. The molecule has 0 fully saturated rings. The van der Waals surface area contributed by atoms with Crippen molar-refractivity contribution in [3.05, 3.63) is 76.0 Å². The number of carbonyl (C=O) groups is 1. The fourth-order valence-electron chi connectivity index (χ4n) is 2.26. The van der Waals surface area contributed by atoms with E-state index >= 15 is 0 Å². The van der Waals surface area contributed by atoms with Crippen LogP contribution in [-0.2, 0) is 6.42 Å². The number of hydrogen-bond acceptors (Lipinski definition) is 2. The van der Waals surface area contributed by atoms with Crippen molar-refractivity contribution in [1.29, 1.82) is 0 Å². The largest absolute Gasteiger partial charge is 0.292 e. The summed E-state index contributed by atoms with van der Waals surface area (Å²) < 4.78 is 0. The van der Waals surface area contributed by atoms with E-state index in [9.17, 15) is 4.79 Å². The number of pyridine rings is 1. The molecule has 104 valence electrons. The van der Waals surface area contributed by atoms with Crippen LogP contribution in [0.4, 0.5) is 0 Å².